The van der Waals surface area contributed by atoms with Crippen LogP contribution in [0.1, 0.15) is 12.5 Å². The minimum absolute atomic E-state index is 0.0295. The highest BCUT2D eigenvalue weighted by Crippen LogP contribution is 2.35. The number of carbonyl (C=O) groups excluding carboxylic acids is 1. The SMILES string of the molecule is CC1=NN(c2c(F)c(F)c(F)c(F)c2F)C(=O)/C1=C\c1cc(Cl)ccc1OCC(F)(F)F. The maximum absolute atomic E-state index is 14.1. The molecule has 13 heteroatoms. The van der Waals surface area contributed by atoms with Gasteiger partial charge in [0.15, 0.2) is 29.9 Å². The second-order valence-corrected chi connectivity index (χ2v) is 6.80. The van der Waals surface area contributed by atoms with Crippen molar-refractivity contribution >= 4 is 35.0 Å². The van der Waals surface area contributed by atoms with E-state index in [0.717, 1.165) is 18.2 Å². The van der Waals surface area contributed by atoms with Gasteiger partial charge < -0.3 is 4.74 Å². The summed E-state index contributed by atoms with van der Waals surface area (Å²) in [6.07, 6.45) is -3.71. The van der Waals surface area contributed by atoms with Gasteiger partial charge in [0.05, 0.1) is 11.3 Å². The molecule has 0 fully saturated rings. The molecule has 0 bridgehead atoms. The first-order chi connectivity index (χ1) is 14.8. The van der Waals surface area contributed by atoms with Gasteiger partial charge in [-0.25, -0.2) is 22.0 Å². The number of benzene rings is 2. The number of carbonyl (C=O) groups is 1. The Bertz CT molecular complexity index is 1150. The fraction of sp³-hybridized carbons (Fsp3) is 0.158. The summed E-state index contributed by atoms with van der Waals surface area (Å²) in [5.74, 6) is -13.2. The van der Waals surface area contributed by atoms with Gasteiger partial charge >= 0.3 is 6.18 Å². The molecule has 0 aromatic heterocycles. The van der Waals surface area contributed by atoms with Gasteiger partial charge in [0, 0.05) is 10.6 Å². The summed E-state index contributed by atoms with van der Waals surface area (Å²) in [5, 5.41) is 3.55. The highest BCUT2D eigenvalue weighted by molar-refractivity contribution is 6.33. The van der Waals surface area contributed by atoms with E-state index in [2.05, 4.69) is 9.84 Å². The minimum Gasteiger partial charge on any atom is -0.483 e. The van der Waals surface area contributed by atoms with Crippen molar-refractivity contribution in [3.8, 4) is 5.75 Å². The standard InChI is InChI=1S/C19H9ClF8N2O2/c1-7-10(5-8-4-9(20)2-3-11(8)32-6-19(26,27)28)18(31)30(29-7)17-15(24)13(22)12(21)14(23)16(17)25/h2-5H,6H2,1H3/b10-5-. The van der Waals surface area contributed by atoms with E-state index in [9.17, 15) is 39.9 Å². The molecule has 1 aliphatic heterocycles. The summed E-state index contributed by atoms with van der Waals surface area (Å²) in [7, 11) is 0. The third-order valence-corrected chi connectivity index (χ3v) is 4.36. The van der Waals surface area contributed by atoms with Crippen molar-refractivity contribution in [1.82, 2.24) is 0 Å². The van der Waals surface area contributed by atoms with Crippen molar-refractivity contribution in [2.24, 2.45) is 5.10 Å². The van der Waals surface area contributed by atoms with Crippen LogP contribution in [0.15, 0.2) is 28.9 Å². The Balaban J connectivity index is 2.05. The zero-order valence-corrected chi connectivity index (χ0v) is 16.4. The molecule has 1 amide bonds. The molecule has 0 unspecified atom stereocenters. The van der Waals surface area contributed by atoms with E-state index in [1.54, 1.807) is 0 Å². The molecule has 2 aromatic rings. The number of nitrogens with zero attached hydrogens (tertiary/aromatic N) is 2. The molecule has 4 nitrogen and oxygen atoms in total. The van der Waals surface area contributed by atoms with Crippen LogP contribution in [0.3, 0.4) is 0 Å². The van der Waals surface area contributed by atoms with Crippen molar-refractivity contribution in [2.45, 2.75) is 13.1 Å². The van der Waals surface area contributed by atoms with Crippen molar-refractivity contribution < 1.29 is 44.7 Å². The molecule has 0 radical (unpaired) electrons. The summed E-state index contributed by atoms with van der Waals surface area (Å²) < 4.78 is 111. The summed E-state index contributed by atoms with van der Waals surface area (Å²) >= 11 is 5.83. The Morgan fingerprint density at radius 3 is 2.16 bits per heavy atom. The van der Waals surface area contributed by atoms with Crippen LogP contribution in [0.5, 0.6) is 5.75 Å². The van der Waals surface area contributed by atoms with E-state index >= 15 is 0 Å². The number of alkyl halides is 3. The Hall–Kier alpha value is -3.15. The van der Waals surface area contributed by atoms with E-state index in [1.807, 2.05) is 0 Å². The number of ether oxygens (including phenoxy) is 1. The molecule has 0 saturated carbocycles. The first-order valence-corrected chi connectivity index (χ1v) is 8.82. The molecule has 32 heavy (non-hydrogen) atoms. The molecule has 1 aliphatic rings. The second kappa shape index (κ2) is 8.41. The molecule has 2 aromatic carbocycles. The largest absolute Gasteiger partial charge is 0.483 e. The second-order valence-electron chi connectivity index (χ2n) is 6.36. The monoisotopic (exact) mass is 484 g/mol. The lowest BCUT2D eigenvalue weighted by Gasteiger charge is -2.15. The van der Waals surface area contributed by atoms with Crippen molar-refractivity contribution in [2.75, 3.05) is 11.6 Å². The van der Waals surface area contributed by atoms with Gasteiger partial charge in [-0.15, -0.1) is 0 Å². The Morgan fingerprint density at radius 2 is 1.59 bits per heavy atom. The number of anilines is 1. The third-order valence-electron chi connectivity index (χ3n) is 4.12. The molecular weight excluding hydrogens is 476 g/mol. The van der Waals surface area contributed by atoms with Gasteiger partial charge in [-0.05, 0) is 31.2 Å². The smallest absolute Gasteiger partial charge is 0.422 e. The van der Waals surface area contributed by atoms with Crippen molar-refractivity contribution in [3.05, 3.63) is 63.4 Å². The number of rotatable bonds is 4. The molecule has 0 N–H and O–H groups in total. The van der Waals surface area contributed by atoms with Crippen LogP contribution in [0.2, 0.25) is 5.02 Å². The summed E-state index contributed by atoms with van der Waals surface area (Å²) in [6.45, 7) is -0.487. The predicted octanol–water partition coefficient (Wildman–Crippen LogP) is 5.78. The highest BCUT2D eigenvalue weighted by atomic mass is 35.5. The number of halogens is 9. The van der Waals surface area contributed by atoms with E-state index in [0.29, 0.717) is 0 Å². The number of amides is 1. The fourth-order valence-electron chi connectivity index (χ4n) is 2.69. The average molecular weight is 485 g/mol. The normalized spacial score (nSPS) is 15.6. The molecule has 3 rings (SSSR count). The Morgan fingerprint density at radius 1 is 1.03 bits per heavy atom. The summed E-state index contributed by atoms with van der Waals surface area (Å²) in [4.78, 5) is 12.7. The maximum Gasteiger partial charge on any atom is 0.422 e. The Kier molecular flexibility index (Phi) is 6.18. The average Bonchev–Trinajstić information content (AvgIpc) is 2.98. The third kappa shape index (κ3) is 4.40. The molecule has 170 valence electrons. The molecular formula is C19H9ClF8N2O2. The molecule has 0 spiro atoms. The fourth-order valence-corrected chi connectivity index (χ4v) is 2.87. The molecule has 1 heterocycles. The molecule has 0 atom stereocenters. The van der Waals surface area contributed by atoms with Crippen molar-refractivity contribution in [1.29, 1.82) is 0 Å². The van der Waals surface area contributed by atoms with Crippen LogP contribution < -0.4 is 9.75 Å². The Labute approximate surface area is 179 Å². The van der Waals surface area contributed by atoms with Crippen LogP contribution >= 0.6 is 11.6 Å². The topological polar surface area (TPSA) is 41.9 Å². The highest BCUT2D eigenvalue weighted by Gasteiger charge is 2.37. The zero-order valence-electron chi connectivity index (χ0n) is 15.6. The predicted molar refractivity (Wildman–Crippen MR) is 97.8 cm³/mol. The first kappa shape index (κ1) is 23.5. The van der Waals surface area contributed by atoms with E-state index in [1.165, 1.54) is 13.0 Å². The van der Waals surface area contributed by atoms with Crippen LogP contribution in [-0.4, -0.2) is 24.4 Å². The summed E-state index contributed by atoms with van der Waals surface area (Å²) in [5.41, 5.74) is -2.36. The number of hydrogen-bond donors (Lipinski definition) is 0. The first-order valence-electron chi connectivity index (χ1n) is 8.44. The van der Waals surface area contributed by atoms with Gasteiger partial charge in [0.25, 0.3) is 5.91 Å². The maximum atomic E-state index is 14.1. The lowest BCUT2D eigenvalue weighted by Crippen LogP contribution is -2.25. The van der Waals surface area contributed by atoms with Gasteiger partial charge in [-0.2, -0.15) is 23.3 Å². The lowest BCUT2D eigenvalue weighted by molar-refractivity contribution is -0.153. The number of hydrazone groups is 1. The van der Waals surface area contributed by atoms with Crippen LogP contribution in [0.25, 0.3) is 6.08 Å². The van der Waals surface area contributed by atoms with E-state index < -0.39 is 59.0 Å². The molecule has 0 aliphatic carbocycles. The van der Waals surface area contributed by atoms with Crippen LogP contribution in [0, 0.1) is 29.1 Å². The van der Waals surface area contributed by atoms with Gasteiger partial charge in [-0.1, -0.05) is 11.6 Å². The minimum atomic E-state index is -4.67. The lowest BCUT2D eigenvalue weighted by atomic mass is 10.1. The van der Waals surface area contributed by atoms with Gasteiger partial charge in [-0.3, -0.25) is 4.79 Å². The van der Waals surface area contributed by atoms with Crippen molar-refractivity contribution in [3.63, 3.8) is 0 Å². The number of hydrogen-bond acceptors (Lipinski definition) is 3. The summed E-state index contributed by atoms with van der Waals surface area (Å²) in [6, 6.07) is 3.45. The van der Waals surface area contributed by atoms with E-state index in [-0.39, 0.29) is 27.1 Å². The van der Waals surface area contributed by atoms with Crippen LogP contribution in [-0.2, 0) is 4.79 Å². The molecule has 0 saturated heterocycles. The van der Waals surface area contributed by atoms with Gasteiger partial charge in [0.2, 0.25) is 5.82 Å². The van der Waals surface area contributed by atoms with Gasteiger partial charge in [0.1, 0.15) is 11.4 Å². The quantitative estimate of drug-likeness (QED) is 0.239. The van der Waals surface area contributed by atoms with Crippen LogP contribution in [0.4, 0.5) is 40.8 Å². The van der Waals surface area contributed by atoms with E-state index in [4.69, 9.17) is 11.6 Å². The zero-order chi connectivity index (χ0) is 24.0.